The topological polar surface area (TPSA) is 70.2 Å². The Balaban J connectivity index is 1.51. The summed E-state index contributed by atoms with van der Waals surface area (Å²) in [7, 11) is 0. The molecule has 1 aromatic heterocycles. The lowest BCUT2D eigenvalue weighted by molar-refractivity contribution is 0.318. The van der Waals surface area contributed by atoms with Crippen molar-refractivity contribution in [2.75, 3.05) is 30.0 Å². The number of nitrogens with zero attached hydrogens (tertiary/aromatic N) is 2. The van der Waals surface area contributed by atoms with Crippen LogP contribution in [-0.2, 0) is 0 Å². The van der Waals surface area contributed by atoms with Gasteiger partial charge < -0.3 is 19.9 Å². The van der Waals surface area contributed by atoms with Crippen LogP contribution in [0.4, 0.5) is 11.4 Å². The first kappa shape index (κ1) is 19.9. The van der Waals surface area contributed by atoms with Crippen molar-refractivity contribution in [2.45, 2.75) is 45.4 Å². The lowest BCUT2D eigenvalue weighted by atomic mass is 9.89. The normalized spacial score (nSPS) is 16.4. The fourth-order valence-corrected chi connectivity index (χ4v) is 4.82. The maximum Gasteiger partial charge on any atom is 0.259 e. The highest BCUT2D eigenvalue weighted by Gasteiger charge is 2.24. The van der Waals surface area contributed by atoms with Crippen molar-refractivity contribution in [1.82, 2.24) is 9.97 Å². The van der Waals surface area contributed by atoms with E-state index in [0.717, 1.165) is 53.8 Å². The second-order valence-corrected chi connectivity index (χ2v) is 8.71. The standard InChI is InChI=1S/C25H30N4O2/c1-2-12-31-23-11-7-6-10-18(23)24-27-20-14-22-21(13-19(20)25(30)28-24)26-16-29(22)15-17-8-4-3-5-9-17/h6-7,10-11,13-14,17,26H,2-5,8-9,12,15-16H2,1H3,(H,27,28,30). The summed E-state index contributed by atoms with van der Waals surface area (Å²) in [5.74, 6) is 2.05. The Morgan fingerprint density at radius 1 is 1.16 bits per heavy atom. The second kappa shape index (κ2) is 8.61. The van der Waals surface area contributed by atoms with Crippen molar-refractivity contribution in [2.24, 2.45) is 5.92 Å². The molecule has 1 aliphatic heterocycles. The number of ether oxygens (including phenoxy) is 1. The van der Waals surface area contributed by atoms with Gasteiger partial charge in [0.15, 0.2) is 0 Å². The molecule has 6 nitrogen and oxygen atoms in total. The monoisotopic (exact) mass is 418 g/mol. The minimum atomic E-state index is -0.124. The molecule has 0 bridgehead atoms. The molecule has 0 unspecified atom stereocenters. The van der Waals surface area contributed by atoms with Crippen molar-refractivity contribution >= 4 is 22.3 Å². The number of benzene rings is 2. The molecule has 1 aliphatic carbocycles. The van der Waals surface area contributed by atoms with Gasteiger partial charge in [-0.1, -0.05) is 38.3 Å². The van der Waals surface area contributed by atoms with E-state index in [1.165, 1.54) is 32.1 Å². The van der Waals surface area contributed by atoms with Gasteiger partial charge in [-0.2, -0.15) is 0 Å². The molecule has 5 rings (SSSR count). The first-order valence-corrected chi connectivity index (χ1v) is 11.5. The van der Waals surface area contributed by atoms with Gasteiger partial charge in [0.25, 0.3) is 5.56 Å². The molecule has 31 heavy (non-hydrogen) atoms. The first-order valence-electron chi connectivity index (χ1n) is 11.5. The third-order valence-corrected chi connectivity index (χ3v) is 6.43. The number of anilines is 2. The summed E-state index contributed by atoms with van der Waals surface area (Å²) in [4.78, 5) is 23.1. The van der Waals surface area contributed by atoms with E-state index >= 15 is 0 Å². The van der Waals surface area contributed by atoms with Crippen molar-refractivity contribution in [3.8, 4) is 17.1 Å². The summed E-state index contributed by atoms with van der Waals surface area (Å²) in [6, 6.07) is 11.8. The molecule has 3 aromatic rings. The molecule has 0 amide bonds. The maximum atomic E-state index is 12.9. The van der Waals surface area contributed by atoms with Gasteiger partial charge in [-0.15, -0.1) is 0 Å². The number of aromatic nitrogens is 2. The number of hydrogen-bond acceptors (Lipinski definition) is 5. The highest BCUT2D eigenvalue weighted by Crippen LogP contribution is 2.37. The van der Waals surface area contributed by atoms with E-state index in [2.05, 4.69) is 28.2 Å². The average molecular weight is 419 g/mol. The number of aromatic amines is 1. The first-order chi connectivity index (χ1) is 15.2. The number of fused-ring (bicyclic) bond motifs is 2. The van der Waals surface area contributed by atoms with Crippen LogP contribution >= 0.6 is 0 Å². The van der Waals surface area contributed by atoms with Crippen molar-refractivity contribution in [3.05, 3.63) is 46.8 Å². The zero-order valence-electron chi connectivity index (χ0n) is 18.1. The number of nitrogens with one attached hydrogen (secondary N) is 2. The van der Waals surface area contributed by atoms with Gasteiger partial charge in [-0.05, 0) is 49.4 Å². The van der Waals surface area contributed by atoms with Gasteiger partial charge >= 0.3 is 0 Å². The molecule has 0 spiro atoms. The fourth-order valence-electron chi connectivity index (χ4n) is 4.82. The second-order valence-electron chi connectivity index (χ2n) is 8.71. The number of rotatable bonds is 6. The molecule has 1 fully saturated rings. The van der Waals surface area contributed by atoms with Crippen LogP contribution in [0.15, 0.2) is 41.2 Å². The number of H-pyrrole nitrogens is 1. The zero-order valence-corrected chi connectivity index (χ0v) is 18.1. The predicted octanol–water partition coefficient (Wildman–Crippen LogP) is 5.15. The van der Waals surface area contributed by atoms with E-state index in [0.29, 0.717) is 17.8 Å². The van der Waals surface area contributed by atoms with Crippen LogP contribution in [0.25, 0.3) is 22.3 Å². The highest BCUT2D eigenvalue weighted by molar-refractivity contribution is 5.92. The molecule has 2 N–H and O–H groups in total. The van der Waals surface area contributed by atoms with Crippen molar-refractivity contribution < 1.29 is 4.74 Å². The van der Waals surface area contributed by atoms with Gasteiger partial charge in [0.2, 0.25) is 0 Å². The summed E-state index contributed by atoms with van der Waals surface area (Å²) in [6.45, 7) is 4.56. The molecule has 2 aliphatic rings. The summed E-state index contributed by atoms with van der Waals surface area (Å²) in [5.41, 5.74) is 3.58. The zero-order chi connectivity index (χ0) is 21.2. The molecule has 0 atom stereocenters. The minimum absolute atomic E-state index is 0.124. The van der Waals surface area contributed by atoms with E-state index in [1.807, 2.05) is 30.3 Å². The minimum Gasteiger partial charge on any atom is -0.493 e. The fraction of sp³-hybridized carbons (Fsp3) is 0.440. The smallest absolute Gasteiger partial charge is 0.259 e. The lowest BCUT2D eigenvalue weighted by Crippen LogP contribution is -2.30. The van der Waals surface area contributed by atoms with Crippen molar-refractivity contribution in [3.63, 3.8) is 0 Å². The van der Waals surface area contributed by atoms with Crippen LogP contribution in [0.2, 0.25) is 0 Å². The summed E-state index contributed by atoms with van der Waals surface area (Å²) >= 11 is 0. The molecule has 0 radical (unpaired) electrons. The van der Waals surface area contributed by atoms with Crippen molar-refractivity contribution in [1.29, 1.82) is 0 Å². The largest absolute Gasteiger partial charge is 0.493 e. The van der Waals surface area contributed by atoms with E-state index in [4.69, 9.17) is 9.72 Å². The van der Waals surface area contributed by atoms with Crippen LogP contribution in [0.1, 0.15) is 45.4 Å². The summed E-state index contributed by atoms with van der Waals surface area (Å²) < 4.78 is 5.89. The summed E-state index contributed by atoms with van der Waals surface area (Å²) in [6.07, 6.45) is 7.61. The molecule has 0 saturated heterocycles. The predicted molar refractivity (Wildman–Crippen MR) is 126 cm³/mol. The summed E-state index contributed by atoms with van der Waals surface area (Å²) in [5, 5.41) is 4.08. The third-order valence-electron chi connectivity index (χ3n) is 6.43. The lowest BCUT2D eigenvalue weighted by Gasteiger charge is -2.27. The average Bonchev–Trinajstić information content (AvgIpc) is 3.19. The quantitative estimate of drug-likeness (QED) is 0.579. The van der Waals surface area contributed by atoms with E-state index < -0.39 is 0 Å². The Morgan fingerprint density at radius 2 is 2.00 bits per heavy atom. The molecule has 6 heteroatoms. The van der Waals surface area contributed by atoms with Gasteiger partial charge in [-0.25, -0.2) is 4.98 Å². The van der Waals surface area contributed by atoms with Gasteiger partial charge in [0.1, 0.15) is 11.6 Å². The van der Waals surface area contributed by atoms with E-state index in [-0.39, 0.29) is 5.56 Å². The third kappa shape index (κ3) is 3.99. The van der Waals surface area contributed by atoms with Crippen LogP contribution in [0, 0.1) is 5.92 Å². The van der Waals surface area contributed by atoms with Gasteiger partial charge in [0, 0.05) is 6.54 Å². The Kier molecular flexibility index (Phi) is 5.53. The molecule has 2 heterocycles. The maximum absolute atomic E-state index is 12.9. The molecule has 1 saturated carbocycles. The van der Waals surface area contributed by atoms with Crippen LogP contribution < -0.4 is 20.5 Å². The number of para-hydroxylation sites is 1. The SMILES string of the molecule is CCCOc1ccccc1-c1nc2cc3c(cc2c(=O)[nH]1)NCN3CC1CCCCC1. The van der Waals surface area contributed by atoms with Crippen LogP contribution in [0.5, 0.6) is 5.75 Å². The highest BCUT2D eigenvalue weighted by atomic mass is 16.5. The molecule has 2 aromatic carbocycles. The molecular weight excluding hydrogens is 388 g/mol. The van der Waals surface area contributed by atoms with E-state index in [9.17, 15) is 4.79 Å². The Hall–Kier alpha value is -3.02. The molecular formula is C25H30N4O2. The Labute approximate surface area is 182 Å². The Bertz CT molecular complexity index is 1130. The number of hydrogen-bond donors (Lipinski definition) is 2. The molecule has 162 valence electrons. The van der Waals surface area contributed by atoms with Crippen LogP contribution in [0.3, 0.4) is 0 Å². The Morgan fingerprint density at radius 3 is 2.84 bits per heavy atom. The van der Waals surface area contributed by atoms with Gasteiger partial charge in [-0.3, -0.25) is 4.79 Å². The van der Waals surface area contributed by atoms with E-state index in [1.54, 1.807) is 0 Å². The van der Waals surface area contributed by atoms with Gasteiger partial charge in [0.05, 0.1) is 41.1 Å². The van der Waals surface area contributed by atoms with Crippen LogP contribution in [-0.4, -0.2) is 29.8 Å².